The number of hydrogen-bond donors (Lipinski definition) is 2. The molecule has 0 saturated heterocycles. The molecule has 0 bridgehead atoms. The molecule has 0 aromatic rings. The second-order valence-electron chi connectivity index (χ2n) is 6.97. The van der Waals surface area contributed by atoms with Gasteiger partial charge in [0.05, 0.1) is 6.61 Å². The summed E-state index contributed by atoms with van der Waals surface area (Å²) in [5, 5.41) is 15.3. The number of aliphatic hydroxyl groups excluding tert-OH is 1. The SMILES string of the molecule is OCC1(NC2CC2)CCCC(SC2CCCCC2)C1. The van der Waals surface area contributed by atoms with Crippen LogP contribution in [0.1, 0.15) is 70.6 Å². The first-order valence-corrected chi connectivity index (χ1v) is 9.28. The number of thioether (sulfide) groups is 1. The number of rotatable bonds is 5. The summed E-state index contributed by atoms with van der Waals surface area (Å²) in [6, 6.07) is 0.714. The van der Waals surface area contributed by atoms with E-state index in [1.54, 1.807) is 0 Å². The maximum Gasteiger partial charge on any atom is 0.0613 e. The molecule has 0 aliphatic heterocycles. The van der Waals surface area contributed by atoms with Crippen LogP contribution in [-0.2, 0) is 0 Å². The summed E-state index contributed by atoms with van der Waals surface area (Å²) < 4.78 is 0. The zero-order valence-corrected chi connectivity index (χ0v) is 12.9. The first kappa shape index (κ1) is 14.2. The van der Waals surface area contributed by atoms with Gasteiger partial charge in [-0.3, -0.25) is 0 Å². The van der Waals surface area contributed by atoms with Crippen LogP contribution in [0.3, 0.4) is 0 Å². The Bertz CT molecular complexity index is 288. The predicted molar refractivity (Wildman–Crippen MR) is 82.7 cm³/mol. The van der Waals surface area contributed by atoms with Crippen molar-refractivity contribution in [1.82, 2.24) is 5.32 Å². The lowest BCUT2D eigenvalue weighted by Crippen LogP contribution is -2.53. The average molecular weight is 283 g/mol. The van der Waals surface area contributed by atoms with Gasteiger partial charge >= 0.3 is 0 Å². The zero-order chi connectivity index (χ0) is 13.1. The molecule has 0 aromatic heterocycles. The molecule has 2 N–H and O–H groups in total. The van der Waals surface area contributed by atoms with E-state index in [2.05, 4.69) is 17.1 Å². The first-order valence-electron chi connectivity index (χ1n) is 8.34. The van der Waals surface area contributed by atoms with Crippen molar-refractivity contribution in [3.05, 3.63) is 0 Å². The zero-order valence-electron chi connectivity index (χ0n) is 12.1. The quantitative estimate of drug-likeness (QED) is 0.810. The molecule has 3 rings (SSSR count). The minimum absolute atomic E-state index is 0.0613. The van der Waals surface area contributed by atoms with Gasteiger partial charge in [0.15, 0.2) is 0 Å². The largest absolute Gasteiger partial charge is 0.394 e. The summed E-state index contributed by atoms with van der Waals surface area (Å²) in [6.07, 6.45) is 14.9. The molecule has 3 saturated carbocycles. The van der Waals surface area contributed by atoms with Crippen molar-refractivity contribution in [2.24, 2.45) is 0 Å². The Morgan fingerprint density at radius 1 is 0.947 bits per heavy atom. The lowest BCUT2D eigenvalue weighted by Gasteiger charge is -2.41. The van der Waals surface area contributed by atoms with Gasteiger partial charge in [-0.25, -0.2) is 0 Å². The molecule has 19 heavy (non-hydrogen) atoms. The molecular formula is C16H29NOS. The fourth-order valence-corrected chi connectivity index (χ4v) is 5.75. The monoisotopic (exact) mass is 283 g/mol. The summed E-state index contributed by atoms with van der Waals surface area (Å²) in [7, 11) is 0. The second-order valence-corrected chi connectivity index (χ2v) is 8.58. The fourth-order valence-electron chi connectivity index (χ4n) is 3.88. The topological polar surface area (TPSA) is 32.3 Å². The van der Waals surface area contributed by atoms with Gasteiger partial charge in [0, 0.05) is 22.1 Å². The van der Waals surface area contributed by atoms with Crippen molar-refractivity contribution < 1.29 is 5.11 Å². The summed E-state index contributed by atoms with van der Waals surface area (Å²) in [4.78, 5) is 0. The minimum atomic E-state index is 0.0613. The van der Waals surface area contributed by atoms with Crippen molar-refractivity contribution >= 4 is 11.8 Å². The van der Waals surface area contributed by atoms with E-state index in [1.165, 1.54) is 70.6 Å². The van der Waals surface area contributed by atoms with Crippen LogP contribution in [-0.4, -0.2) is 33.8 Å². The Hall–Kier alpha value is 0.270. The Morgan fingerprint density at radius 2 is 1.68 bits per heavy atom. The van der Waals surface area contributed by atoms with Crippen LogP contribution in [0.4, 0.5) is 0 Å². The smallest absolute Gasteiger partial charge is 0.0613 e. The molecule has 0 amide bonds. The van der Waals surface area contributed by atoms with E-state index < -0.39 is 0 Å². The molecule has 3 heteroatoms. The van der Waals surface area contributed by atoms with Gasteiger partial charge < -0.3 is 10.4 Å². The van der Waals surface area contributed by atoms with Gasteiger partial charge in [0.25, 0.3) is 0 Å². The molecule has 2 atom stereocenters. The highest BCUT2D eigenvalue weighted by Gasteiger charge is 2.40. The van der Waals surface area contributed by atoms with Crippen LogP contribution >= 0.6 is 11.8 Å². The van der Waals surface area contributed by atoms with Gasteiger partial charge in [0.1, 0.15) is 0 Å². The predicted octanol–water partition coefficient (Wildman–Crippen LogP) is 3.48. The third kappa shape index (κ3) is 3.89. The van der Waals surface area contributed by atoms with Crippen LogP contribution in [0.5, 0.6) is 0 Å². The maximum absolute atomic E-state index is 9.87. The van der Waals surface area contributed by atoms with Crippen LogP contribution < -0.4 is 5.32 Å². The Morgan fingerprint density at radius 3 is 2.37 bits per heavy atom. The molecule has 3 aliphatic rings. The van der Waals surface area contributed by atoms with Crippen LogP contribution in [0.25, 0.3) is 0 Å². The lowest BCUT2D eigenvalue weighted by atomic mass is 9.82. The van der Waals surface area contributed by atoms with Gasteiger partial charge in [-0.15, -0.1) is 0 Å². The van der Waals surface area contributed by atoms with E-state index in [1.807, 2.05) is 0 Å². The third-order valence-corrected chi connectivity index (χ3v) is 6.77. The molecule has 0 radical (unpaired) electrons. The van der Waals surface area contributed by atoms with Gasteiger partial charge in [-0.2, -0.15) is 11.8 Å². The van der Waals surface area contributed by atoms with Crippen LogP contribution in [0.2, 0.25) is 0 Å². The molecule has 3 aliphatic carbocycles. The lowest BCUT2D eigenvalue weighted by molar-refractivity contribution is 0.121. The Kier molecular flexibility index (Phi) is 4.76. The molecule has 2 unspecified atom stereocenters. The van der Waals surface area contributed by atoms with E-state index in [9.17, 15) is 5.11 Å². The first-order chi connectivity index (χ1) is 9.30. The standard InChI is InChI=1S/C16H29NOS/c18-12-16(17-13-8-9-13)10-4-7-15(11-16)19-14-5-2-1-3-6-14/h13-15,17-18H,1-12H2. The van der Waals surface area contributed by atoms with Crippen LogP contribution in [0.15, 0.2) is 0 Å². The Balaban J connectivity index is 1.53. The highest BCUT2D eigenvalue weighted by Crippen LogP contribution is 2.41. The Labute approximate surface area is 122 Å². The summed E-state index contributed by atoms with van der Waals surface area (Å²) in [6.45, 7) is 0.339. The molecule has 0 spiro atoms. The molecular weight excluding hydrogens is 254 g/mol. The number of aliphatic hydroxyl groups is 1. The number of nitrogens with one attached hydrogen (secondary N) is 1. The minimum Gasteiger partial charge on any atom is -0.394 e. The van der Waals surface area contributed by atoms with E-state index in [-0.39, 0.29) is 5.54 Å². The highest BCUT2D eigenvalue weighted by molar-refractivity contribution is 8.00. The van der Waals surface area contributed by atoms with Crippen molar-refractivity contribution in [3.8, 4) is 0 Å². The number of hydrogen-bond acceptors (Lipinski definition) is 3. The van der Waals surface area contributed by atoms with Crippen molar-refractivity contribution in [2.45, 2.75) is 92.7 Å². The van der Waals surface area contributed by atoms with Crippen molar-refractivity contribution in [3.63, 3.8) is 0 Å². The van der Waals surface area contributed by atoms with Gasteiger partial charge in [-0.1, -0.05) is 25.7 Å². The van der Waals surface area contributed by atoms with Gasteiger partial charge in [0.2, 0.25) is 0 Å². The summed E-state index contributed by atoms with van der Waals surface area (Å²) in [5.74, 6) is 0. The van der Waals surface area contributed by atoms with Gasteiger partial charge in [-0.05, 0) is 44.9 Å². The van der Waals surface area contributed by atoms with E-state index >= 15 is 0 Å². The summed E-state index contributed by atoms with van der Waals surface area (Å²) in [5.41, 5.74) is 0.0613. The van der Waals surface area contributed by atoms with Crippen molar-refractivity contribution in [1.29, 1.82) is 0 Å². The second kappa shape index (κ2) is 6.36. The van der Waals surface area contributed by atoms with Crippen LogP contribution in [0, 0.1) is 0 Å². The average Bonchev–Trinajstić information content (AvgIpc) is 3.24. The maximum atomic E-state index is 9.87. The molecule has 110 valence electrons. The van der Waals surface area contributed by atoms with E-state index in [4.69, 9.17) is 0 Å². The summed E-state index contributed by atoms with van der Waals surface area (Å²) >= 11 is 2.26. The highest BCUT2D eigenvalue weighted by atomic mass is 32.2. The van der Waals surface area contributed by atoms with E-state index in [0.29, 0.717) is 12.6 Å². The normalized spacial score (nSPS) is 37.4. The van der Waals surface area contributed by atoms with Crippen molar-refractivity contribution in [2.75, 3.05) is 6.61 Å². The fraction of sp³-hybridized carbons (Fsp3) is 1.00. The molecule has 0 heterocycles. The molecule has 3 fully saturated rings. The third-order valence-electron chi connectivity index (χ3n) is 5.13. The molecule has 0 aromatic carbocycles. The van der Waals surface area contributed by atoms with E-state index in [0.717, 1.165) is 10.5 Å². The molecule has 2 nitrogen and oxygen atoms in total.